The van der Waals surface area contributed by atoms with Gasteiger partial charge in [0.2, 0.25) is 0 Å². The van der Waals surface area contributed by atoms with Gasteiger partial charge in [0.25, 0.3) is 5.91 Å². The lowest BCUT2D eigenvalue weighted by Crippen LogP contribution is -2.48. The summed E-state index contributed by atoms with van der Waals surface area (Å²) in [7, 11) is 0. The fraction of sp³-hybridized carbons (Fsp3) is 0.650. The molecular weight excluding hydrogens is 354 g/mol. The van der Waals surface area contributed by atoms with Crippen LogP contribution in [0.3, 0.4) is 0 Å². The maximum Gasteiger partial charge on any atom is 0.261 e. The Hall–Kier alpha value is -1.30. The number of nitrogens with one attached hydrogen (secondary N) is 1. The van der Waals surface area contributed by atoms with Gasteiger partial charge in [-0.1, -0.05) is 18.5 Å². The van der Waals surface area contributed by atoms with E-state index in [4.69, 9.17) is 25.8 Å². The molecule has 26 heavy (non-hydrogen) atoms. The summed E-state index contributed by atoms with van der Waals surface area (Å²) in [5.41, 5.74) is 0.848. The summed E-state index contributed by atoms with van der Waals surface area (Å²) < 4.78 is 17.5. The van der Waals surface area contributed by atoms with Gasteiger partial charge in [0.1, 0.15) is 5.75 Å². The van der Waals surface area contributed by atoms with E-state index in [2.05, 4.69) is 12.2 Å². The van der Waals surface area contributed by atoms with E-state index in [0.29, 0.717) is 24.0 Å². The largest absolute Gasteiger partial charge is 0.481 e. The minimum atomic E-state index is -0.588. The number of hydrogen-bond donors (Lipinski definition) is 1. The molecule has 1 saturated heterocycles. The monoisotopic (exact) mass is 381 g/mol. The number of aryl methyl sites for hydroxylation is 1. The van der Waals surface area contributed by atoms with Crippen LogP contribution in [0.1, 0.15) is 45.6 Å². The van der Waals surface area contributed by atoms with Gasteiger partial charge in [0.15, 0.2) is 11.9 Å². The Morgan fingerprint density at radius 1 is 1.27 bits per heavy atom. The van der Waals surface area contributed by atoms with Crippen molar-refractivity contribution in [3.63, 3.8) is 0 Å². The third-order valence-electron chi connectivity index (χ3n) is 5.78. The highest BCUT2D eigenvalue weighted by Crippen LogP contribution is 2.50. The van der Waals surface area contributed by atoms with Crippen molar-refractivity contribution < 1.29 is 19.0 Å². The van der Waals surface area contributed by atoms with Gasteiger partial charge in [-0.15, -0.1) is 0 Å². The highest BCUT2D eigenvalue weighted by molar-refractivity contribution is 6.30. The van der Waals surface area contributed by atoms with Crippen LogP contribution >= 0.6 is 11.6 Å². The molecule has 1 saturated carbocycles. The molecule has 0 aromatic heterocycles. The lowest BCUT2D eigenvalue weighted by atomic mass is 9.81. The van der Waals surface area contributed by atoms with Gasteiger partial charge >= 0.3 is 0 Å². The van der Waals surface area contributed by atoms with Crippen molar-refractivity contribution in [2.24, 2.45) is 5.41 Å². The first-order valence-corrected chi connectivity index (χ1v) is 9.62. The molecule has 1 aromatic carbocycles. The molecule has 1 N–H and O–H groups in total. The number of ether oxygens (including phenoxy) is 3. The van der Waals surface area contributed by atoms with Gasteiger partial charge in [0.05, 0.1) is 13.2 Å². The summed E-state index contributed by atoms with van der Waals surface area (Å²) in [6.07, 6.45) is 2.04. The molecule has 1 heterocycles. The van der Waals surface area contributed by atoms with Gasteiger partial charge < -0.3 is 19.5 Å². The summed E-state index contributed by atoms with van der Waals surface area (Å²) >= 11 is 5.97. The highest BCUT2D eigenvalue weighted by Gasteiger charge is 2.52. The second-order valence-electron chi connectivity index (χ2n) is 7.84. The molecule has 2 aliphatic rings. The van der Waals surface area contributed by atoms with E-state index < -0.39 is 11.9 Å². The topological polar surface area (TPSA) is 56.8 Å². The second kappa shape index (κ2) is 7.37. The van der Waals surface area contributed by atoms with Crippen molar-refractivity contribution >= 4 is 17.5 Å². The van der Waals surface area contributed by atoms with E-state index >= 15 is 0 Å². The van der Waals surface area contributed by atoms with E-state index in [-0.39, 0.29) is 17.4 Å². The maximum atomic E-state index is 12.6. The van der Waals surface area contributed by atoms with E-state index in [9.17, 15) is 4.79 Å². The molecule has 0 bridgehead atoms. The molecule has 144 valence electrons. The van der Waals surface area contributed by atoms with Crippen molar-refractivity contribution in [2.45, 2.75) is 64.9 Å². The molecule has 1 aliphatic heterocycles. The van der Waals surface area contributed by atoms with Crippen molar-refractivity contribution in [2.75, 3.05) is 13.2 Å². The van der Waals surface area contributed by atoms with Crippen LogP contribution in [0.4, 0.5) is 0 Å². The Bertz CT molecular complexity index is 674. The predicted molar refractivity (Wildman–Crippen MR) is 100 cm³/mol. The SMILES string of the molecule is Cc1cc(Cl)ccc1O[C@H](C)C(=O)N[C@H](C)[C@]1(C)CCC2(C1)OCCO2. The Balaban J connectivity index is 1.58. The minimum Gasteiger partial charge on any atom is -0.481 e. The Morgan fingerprint density at radius 2 is 1.96 bits per heavy atom. The number of halogens is 1. The molecule has 2 fully saturated rings. The van der Waals surface area contributed by atoms with Gasteiger partial charge in [-0.3, -0.25) is 4.79 Å². The van der Waals surface area contributed by atoms with Crippen LogP contribution in [0.25, 0.3) is 0 Å². The first kappa shape index (κ1) is 19.5. The van der Waals surface area contributed by atoms with E-state index in [0.717, 1.165) is 24.8 Å². The zero-order chi connectivity index (χ0) is 18.9. The number of amides is 1. The van der Waals surface area contributed by atoms with Crippen molar-refractivity contribution in [1.29, 1.82) is 0 Å². The van der Waals surface area contributed by atoms with Crippen LogP contribution < -0.4 is 10.1 Å². The molecule has 1 spiro atoms. The Labute approximate surface area is 160 Å². The quantitative estimate of drug-likeness (QED) is 0.841. The number of benzene rings is 1. The van der Waals surface area contributed by atoms with Crippen LogP contribution in [0.2, 0.25) is 5.02 Å². The first-order chi connectivity index (χ1) is 12.2. The summed E-state index contributed by atoms with van der Waals surface area (Å²) in [6.45, 7) is 9.22. The molecular formula is C20H28ClNO4. The van der Waals surface area contributed by atoms with Gasteiger partial charge in [-0.05, 0) is 56.4 Å². The Morgan fingerprint density at radius 3 is 2.62 bits per heavy atom. The standard InChI is InChI=1S/C20H28ClNO4/c1-13-11-16(21)5-6-17(13)26-14(2)18(23)22-15(3)19(4)7-8-20(12-19)24-9-10-25-20/h5-6,11,14-15H,7-10,12H2,1-4H3,(H,22,23)/t14-,15-,19-/m1/s1. The summed E-state index contributed by atoms with van der Waals surface area (Å²) in [6, 6.07) is 5.38. The fourth-order valence-electron chi connectivity index (χ4n) is 3.88. The number of carbonyl (C=O) groups is 1. The summed E-state index contributed by atoms with van der Waals surface area (Å²) in [4.78, 5) is 12.6. The second-order valence-corrected chi connectivity index (χ2v) is 8.28. The third kappa shape index (κ3) is 4.00. The molecule has 1 aromatic rings. The molecule has 1 amide bonds. The van der Waals surface area contributed by atoms with Crippen LogP contribution in [-0.2, 0) is 14.3 Å². The predicted octanol–water partition coefficient (Wildman–Crippen LogP) is 3.85. The lowest BCUT2D eigenvalue weighted by Gasteiger charge is -2.34. The number of rotatable bonds is 5. The van der Waals surface area contributed by atoms with Crippen LogP contribution in [-0.4, -0.2) is 37.1 Å². The summed E-state index contributed by atoms with van der Waals surface area (Å²) in [5.74, 6) is 0.0989. The van der Waals surface area contributed by atoms with Crippen LogP contribution in [0, 0.1) is 12.3 Å². The summed E-state index contributed by atoms with van der Waals surface area (Å²) in [5, 5.41) is 3.77. The average molecular weight is 382 g/mol. The maximum absolute atomic E-state index is 12.6. The molecule has 6 heteroatoms. The first-order valence-electron chi connectivity index (χ1n) is 9.24. The van der Waals surface area contributed by atoms with Gasteiger partial charge in [-0.2, -0.15) is 0 Å². The van der Waals surface area contributed by atoms with Crippen LogP contribution in [0.5, 0.6) is 5.75 Å². The normalized spacial score (nSPS) is 26.7. The average Bonchev–Trinajstić information content (AvgIpc) is 3.18. The fourth-order valence-corrected chi connectivity index (χ4v) is 4.10. The molecule has 5 nitrogen and oxygen atoms in total. The highest BCUT2D eigenvalue weighted by atomic mass is 35.5. The zero-order valence-corrected chi connectivity index (χ0v) is 16.7. The van der Waals surface area contributed by atoms with E-state index in [1.54, 1.807) is 19.1 Å². The lowest BCUT2D eigenvalue weighted by molar-refractivity contribution is -0.157. The zero-order valence-electron chi connectivity index (χ0n) is 15.9. The molecule has 1 aliphatic carbocycles. The number of hydrogen-bond acceptors (Lipinski definition) is 4. The minimum absolute atomic E-state index is 0.000426. The third-order valence-corrected chi connectivity index (χ3v) is 6.01. The van der Waals surface area contributed by atoms with Gasteiger partial charge in [-0.25, -0.2) is 0 Å². The van der Waals surface area contributed by atoms with Crippen molar-refractivity contribution in [3.8, 4) is 5.75 Å². The van der Waals surface area contributed by atoms with E-state index in [1.165, 1.54) is 0 Å². The van der Waals surface area contributed by atoms with Crippen LogP contribution in [0.15, 0.2) is 18.2 Å². The molecule has 0 unspecified atom stereocenters. The van der Waals surface area contributed by atoms with Crippen molar-refractivity contribution in [3.05, 3.63) is 28.8 Å². The smallest absolute Gasteiger partial charge is 0.261 e. The van der Waals surface area contributed by atoms with Gasteiger partial charge in [0, 0.05) is 23.9 Å². The molecule has 0 radical (unpaired) electrons. The van der Waals surface area contributed by atoms with E-state index in [1.807, 2.05) is 19.9 Å². The van der Waals surface area contributed by atoms with Crippen molar-refractivity contribution in [1.82, 2.24) is 5.32 Å². The number of carbonyl (C=O) groups excluding carboxylic acids is 1. The molecule has 3 rings (SSSR count). The molecule has 3 atom stereocenters. The Kier molecular flexibility index (Phi) is 5.52.